The number of rotatable bonds is 5. The molecule has 2 aromatic heterocycles. The van der Waals surface area contributed by atoms with Gasteiger partial charge in [-0.3, -0.25) is 4.57 Å². The lowest BCUT2D eigenvalue weighted by atomic mass is 9.99. The van der Waals surface area contributed by atoms with Crippen LogP contribution in [-0.2, 0) is 6.42 Å². The van der Waals surface area contributed by atoms with Gasteiger partial charge in [-0.25, -0.2) is 15.0 Å². The summed E-state index contributed by atoms with van der Waals surface area (Å²) in [6.45, 7) is 4.75. The Morgan fingerprint density at radius 3 is 2.94 bits per heavy atom. The lowest BCUT2D eigenvalue weighted by Gasteiger charge is -2.11. The molecule has 0 saturated heterocycles. The second kappa shape index (κ2) is 8.17. The van der Waals surface area contributed by atoms with Crippen molar-refractivity contribution in [2.75, 3.05) is 17.6 Å². The molecule has 8 heteroatoms. The number of nitrogens with one attached hydrogen (secondary N) is 1. The van der Waals surface area contributed by atoms with Crippen molar-refractivity contribution in [1.82, 2.24) is 19.5 Å². The highest BCUT2D eigenvalue weighted by Crippen LogP contribution is 2.37. The summed E-state index contributed by atoms with van der Waals surface area (Å²) < 4.78 is 2.20. The normalized spacial score (nSPS) is 15.0. The van der Waals surface area contributed by atoms with Gasteiger partial charge in [-0.05, 0) is 55.7 Å². The summed E-state index contributed by atoms with van der Waals surface area (Å²) in [6.07, 6.45) is 0.745. The topological polar surface area (TPSA) is 99.6 Å². The average Bonchev–Trinajstić information content (AvgIpc) is 3.34. The number of hydrogen-bond donors (Lipinski definition) is 2. The fourth-order valence-electron chi connectivity index (χ4n) is 4.01. The molecule has 4 aromatic rings. The third-order valence-electron chi connectivity index (χ3n) is 5.58. The summed E-state index contributed by atoms with van der Waals surface area (Å²) in [5.41, 5.74) is 4.88. The van der Waals surface area contributed by atoms with Crippen molar-refractivity contribution in [3.05, 3.63) is 59.4 Å². The third-order valence-corrected chi connectivity index (χ3v) is 6.78. The molecule has 0 bridgehead atoms. The molecule has 3 heterocycles. The average molecular weight is 443 g/mol. The van der Waals surface area contributed by atoms with Crippen LogP contribution in [0.25, 0.3) is 22.3 Å². The van der Waals surface area contributed by atoms with Crippen LogP contribution in [0.5, 0.6) is 5.75 Å². The van der Waals surface area contributed by atoms with Crippen molar-refractivity contribution < 1.29 is 5.11 Å². The van der Waals surface area contributed by atoms with E-state index in [0.717, 1.165) is 56.8 Å². The Bertz CT molecular complexity index is 1370. The first-order valence-electron chi connectivity index (χ1n) is 10.5. The van der Waals surface area contributed by atoms with Crippen LogP contribution in [0.2, 0.25) is 0 Å². The van der Waals surface area contributed by atoms with Gasteiger partial charge in [0.25, 0.3) is 0 Å². The van der Waals surface area contributed by atoms with Gasteiger partial charge >= 0.3 is 0 Å². The zero-order chi connectivity index (χ0) is 22.2. The van der Waals surface area contributed by atoms with Gasteiger partial charge in [0.2, 0.25) is 0 Å². The van der Waals surface area contributed by atoms with Crippen molar-refractivity contribution in [3.63, 3.8) is 0 Å². The van der Waals surface area contributed by atoms with E-state index >= 15 is 0 Å². The maximum Gasteiger partial charge on any atom is 0.170 e. The molecule has 0 fully saturated rings. The molecule has 160 valence electrons. The molecule has 2 N–H and O–H groups in total. The van der Waals surface area contributed by atoms with Crippen LogP contribution in [0.1, 0.15) is 29.9 Å². The van der Waals surface area contributed by atoms with Crippen molar-refractivity contribution in [2.45, 2.75) is 31.5 Å². The number of imidazole rings is 1. The Hall–Kier alpha value is -3.57. The SMILES string of the molecule is Cc1nc(NCCc2ccc(O)c(-c3cccc(C#N)c3)c2)c2nc3n(c2n1)C(C)CS3. The summed E-state index contributed by atoms with van der Waals surface area (Å²) in [6, 6.07) is 15.4. The molecule has 1 aliphatic heterocycles. The van der Waals surface area contributed by atoms with Crippen LogP contribution >= 0.6 is 11.8 Å². The second-order valence-corrected chi connectivity index (χ2v) is 8.92. The summed E-state index contributed by atoms with van der Waals surface area (Å²) in [5, 5.41) is 23.9. The van der Waals surface area contributed by atoms with Gasteiger partial charge in [0.15, 0.2) is 22.1 Å². The van der Waals surface area contributed by atoms with Crippen LogP contribution in [0.3, 0.4) is 0 Å². The van der Waals surface area contributed by atoms with Gasteiger partial charge < -0.3 is 10.4 Å². The predicted molar refractivity (Wildman–Crippen MR) is 126 cm³/mol. The summed E-state index contributed by atoms with van der Waals surface area (Å²) >= 11 is 1.75. The van der Waals surface area contributed by atoms with E-state index in [1.54, 1.807) is 30.0 Å². The number of nitriles is 1. The highest BCUT2D eigenvalue weighted by atomic mass is 32.2. The molecule has 0 spiro atoms. The summed E-state index contributed by atoms with van der Waals surface area (Å²) in [5.74, 6) is 2.69. The molecule has 0 radical (unpaired) electrons. The van der Waals surface area contributed by atoms with E-state index in [-0.39, 0.29) is 5.75 Å². The van der Waals surface area contributed by atoms with E-state index in [2.05, 4.69) is 32.8 Å². The van der Waals surface area contributed by atoms with E-state index in [0.29, 0.717) is 18.2 Å². The molecule has 32 heavy (non-hydrogen) atoms. The van der Waals surface area contributed by atoms with Gasteiger partial charge in [0.1, 0.15) is 11.6 Å². The van der Waals surface area contributed by atoms with E-state index < -0.39 is 0 Å². The number of anilines is 1. The molecule has 2 aromatic carbocycles. The monoisotopic (exact) mass is 442 g/mol. The van der Waals surface area contributed by atoms with Crippen molar-refractivity contribution >= 4 is 28.7 Å². The number of aromatic hydroxyl groups is 1. The molecule has 0 saturated carbocycles. The number of aryl methyl sites for hydroxylation is 1. The number of phenolic OH excluding ortho intramolecular Hbond substituents is 1. The van der Waals surface area contributed by atoms with Gasteiger partial charge in [-0.15, -0.1) is 0 Å². The molecular weight excluding hydrogens is 420 g/mol. The maximum atomic E-state index is 10.4. The molecule has 7 nitrogen and oxygen atoms in total. The molecule has 0 amide bonds. The van der Waals surface area contributed by atoms with Crippen LogP contribution in [0, 0.1) is 18.3 Å². The minimum absolute atomic E-state index is 0.198. The number of benzene rings is 2. The number of aromatic nitrogens is 4. The van der Waals surface area contributed by atoms with Crippen LogP contribution in [0.4, 0.5) is 5.82 Å². The van der Waals surface area contributed by atoms with Gasteiger partial charge in [-0.2, -0.15) is 5.26 Å². The summed E-state index contributed by atoms with van der Waals surface area (Å²) in [7, 11) is 0. The van der Waals surface area contributed by atoms with Gasteiger partial charge in [0, 0.05) is 23.9 Å². The number of nitrogens with zero attached hydrogens (tertiary/aromatic N) is 5. The first-order chi connectivity index (χ1) is 15.5. The van der Waals surface area contributed by atoms with E-state index in [9.17, 15) is 5.11 Å². The fraction of sp³-hybridized carbons (Fsp3) is 0.250. The molecule has 0 aliphatic carbocycles. The van der Waals surface area contributed by atoms with Gasteiger partial charge in [-0.1, -0.05) is 30.0 Å². The van der Waals surface area contributed by atoms with Crippen LogP contribution in [-0.4, -0.2) is 36.9 Å². The second-order valence-electron chi connectivity index (χ2n) is 7.94. The lowest BCUT2D eigenvalue weighted by molar-refractivity contribution is 0.477. The first kappa shape index (κ1) is 20.3. The third kappa shape index (κ3) is 3.65. The standard InChI is InChI=1S/C24H22N6OS/c1-14-13-32-24-29-21-22(27-15(2)28-23(21)30(14)24)26-9-8-16-6-7-20(31)19(11-16)18-5-3-4-17(10-18)12-25/h3-7,10-11,14,31H,8-9,13H2,1-2H3,(H,26,27,28). The van der Waals surface area contributed by atoms with Gasteiger partial charge in [0.05, 0.1) is 11.6 Å². The molecule has 1 unspecified atom stereocenters. The Kier molecular flexibility index (Phi) is 5.19. The Morgan fingerprint density at radius 2 is 2.09 bits per heavy atom. The number of phenols is 1. The zero-order valence-electron chi connectivity index (χ0n) is 17.8. The molecule has 5 rings (SSSR count). The van der Waals surface area contributed by atoms with E-state index in [1.807, 2.05) is 31.2 Å². The van der Waals surface area contributed by atoms with Crippen LogP contribution < -0.4 is 5.32 Å². The van der Waals surface area contributed by atoms with E-state index in [1.165, 1.54) is 0 Å². The lowest BCUT2D eigenvalue weighted by Crippen LogP contribution is -2.09. The highest BCUT2D eigenvalue weighted by molar-refractivity contribution is 7.99. The number of thioether (sulfide) groups is 1. The molecule has 1 atom stereocenters. The highest BCUT2D eigenvalue weighted by Gasteiger charge is 2.26. The van der Waals surface area contributed by atoms with Crippen molar-refractivity contribution in [2.24, 2.45) is 0 Å². The Morgan fingerprint density at radius 1 is 1.22 bits per heavy atom. The smallest absolute Gasteiger partial charge is 0.170 e. The Balaban J connectivity index is 1.37. The summed E-state index contributed by atoms with van der Waals surface area (Å²) in [4.78, 5) is 14.0. The molecular formula is C24H22N6OS. The quantitative estimate of drug-likeness (QED) is 0.462. The zero-order valence-corrected chi connectivity index (χ0v) is 18.6. The Labute approximate surface area is 190 Å². The first-order valence-corrected chi connectivity index (χ1v) is 11.5. The van der Waals surface area contributed by atoms with Crippen molar-refractivity contribution in [3.8, 4) is 22.9 Å². The fourth-order valence-corrected chi connectivity index (χ4v) is 5.11. The maximum absolute atomic E-state index is 10.4. The van der Waals surface area contributed by atoms with Crippen molar-refractivity contribution in [1.29, 1.82) is 5.26 Å². The predicted octanol–water partition coefficient (Wildman–Crippen LogP) is 4.70. The minimum atomic E-state index is 0.198. The van der Waals surface area contributed by atoms with E-state index in [4.69, 9.17) is 10.2 Å². The largest absolute Gasteiger partial charge is 0.507 e. The number of hydrogen-bond acceptors (Lipinski definition) is 7. The number of fused-ring (bicyclic) bond motifs is 3. The minimum Gasteiger partial charge on any atom is -0.507 e. The van der Waals surface area contributed by atoms with Crippen LogP contribution in [0.15, 0.2) is 47.6 Å². The molecule has 1 aliphatic rings.